The number of rotatable bonds is 4. The number of ether oxygens (including phenoxy) is 2. The summed E-state index contributed by atoms with van der Waals surface area (Å²) in [6, 6.07) is -0.463. The van der Waals surface area contributed by atoms with E-state index in [9.17, 15) is 4.57 Å². The Bertz CT molecular complexity index is 243. The zero-order valence-corrected chi connectivity index (χ0v) is 14.5. The van der Waals surface area contributed by atoms with Crippen molar-refractivity contribution in [3.8, 4) is 0 Å². The summed E-state index contributed by atoms with van der Waals surface area (Å²) in [6.45, 7) is 1.33. The normalized spacial score (nSPS) is 30.4. The molecule has 1 aliphatic heterocycles. The van der Waals surface area contributed by atoms with E-state index in [2.05, 4.69) is 11.6 Å². The van der Waals surface area contributed by atoms with Crippen molar-refractivity contribution >= 4 is 15.4 Å². The number of hydrogen-bond donors (Lipinski definition) is 0. The van der Waals surface area contributed by atoms with Crippen LogP contribution in [0.3, 0.4) is 0 Å². The van der Waals surface area contributed by atoms with Gasteiger partial charge in [0.05, 0.1) is 0 Å². The second-order valence-electron chi connectivity index (χ2n) is 3.06. The third-order valence-electron chi connectivity index (χ3n) is 1.87. The van der Waals surface area contributed by atoms with Crippen LogP contribution in [-0.4, -0.2) is 40.0 Å². The molecule has 5 nitrogen and oxygen atoms in total. The molecule has 1 aliphatic rings. The summed E-state index contributed by atoms with van der Waals surface area (Å²) < 4.78 is 31.2. The molecule has 4 unspecified atom stereocenters. The molecular formula is C9H19BO5PY. The summed E-state index contributed by atoms with van der Waals surface area (Å²) in [5.74, 6) is 0. The van der Waals surface area contributed by atoms with Gasteiger partial charge < -0.3 is 33.4 Å². The minimum Gasteiger partial charge on any atom is -0.489 e. The van der Waals surface area contributed by atoms with Gasteiger partial charge in [-0.25, -0.2) is 7.11 Å². The largest absolute Gasteiger partial charge is 3.00 e. The van der Waals surface area contributed by atoms with Gasteiger partial charge in [0.2, 0.25) is 0 Å². The zero-order chi connectivity index (χ0) is 10.8. The van der Waals surface area contributed by atoms with Crippen LogP contribution in [0.15, 0.2) is 0 Å². The molecule has 8 heteroatoms. The van der Waals surface area contributed by atoms with Crippen LogP contribution in [0.5, 0.6) is 0 Å². The molecule has 1 fully saturated rings. The first-order chi connectivity index (χ1) is 6.48. The summed E-state index contributed by atoms with van der Waals surface area (Å²) in [5.41, 5.74) is 0. The van der Waals surface area contributed by atoms with Crippen LogP contribution in [0.4, 0.5) is 0 Å². The van der Waals surface area contributed by atoms with Gasteiger partial charge >= 0.3 is 32.7 Å². The first kappa shape index (κ1) is 23.3. The topological polar surface area (TPSA) is 54.0 Å². The molecule has 0 aromatic heterocycles. The maximum absolute atomic E-state index is 11.4. The quantitative estimate of drug-likeness (QED) is 0.445. The zero-order valence-electron chi connectivity index (χ0n) is 10.8. The van der Waals surface area contributed by atoms with Gasteiger partial charge in [0.15, 0.2) is 6.29 Å². The van der Waals surface area contributed by atoms with Crippen LogP contribution < -0.4 is 0 Å². The van der Waals surface area contributed by atoms with Crippen molar-refractivity contribution in [2.24, 2.45) is 0 Å². The maximum Gasteiger partial charge on any atom is 3.00 e. The molecule has 1 rings (SSSR count). The molecular weight excluding hydrogens is 319 g/mol. The van der Waals surface area contributed by atoms with Crippen LogP contribution in [0.2, 0.25) is 0 Å². The monoisotopic (exact) mass is 338 g/mol. The summed E-state index contributed by atoms with van der Waals surface area (Å²) in [5, 5.41) is 0. The van der Waals surface area contributed by atoms with Crippen molar-refractivity contribution in [3.05, 3.63) is 22.0 Å². The van der Waals surface area contributed by atoms with Gasteiger partial charge in [-0.3, -0.25) is 4.57 Å². The fourth-order valence-electron chi connectivity index (χ4n) is 1.23. The summed E-state index contributed by atoms with van der Waals surface area (Å²) in [7, 11) is 6.93. The van der Waals surface area contributed by atoms with E-state index < -0.39 is 26.0 Å². The average molecular weight is 338 g/mol. The van der Waals surface area contributed by atoms with Crippen LogP contribution in [0.1, 0.15) is 6.42 Å². The molecule has 0 aromatic carbocycles. The predicted octanol–water partition coefficient (Wildman–Crippen LogP) is 1.79. The van der Waals surface area contributed by atoms with Crippen molar-refractivity contribution in [3.63, 3.8) is 0 Å². The molecule has 17 heavy (non-hydrogen) atoms. The minimum absolute atomic E-state index is 0. The van der Waals surface area contributed by atoms with Gasteiger partial charge in [-0.05, 0) is 6.42 Å². The molecule has 96 valence electrons. The Morgan fingerprint density at radius 2 is 2.00 bits per heavy atom. The van der Waals surface area contributed by atoms with Crippen LogP contribution in [0.25, 0.3) is 0 Å². The van der Waals surface area contributed by atoms with E-state index in [4.69, 9.17) is 21.8 Å². The van der Waals surface area contributed by atoms with Crippen molar-refractivity contribution in [1.82, 2.24) is 0 Å². The Kier molecular flexibility index (Phi) is 13.8. The van der Waals surface area contributed by atoms with Crippen LogP contribution in [0, 0.1) is 22.0 Å². The molecule has 4 atom stereocenters. The summed E-state index contributed by atoms with van der Waals surface area (Å²) >= 11 is 0. The van der Waals surface area contributed by atoms with Crippen LogP contribution >= 0.6 is 7.60 Å². The summed E-state index contributed by atoms with van der Waals surface area (Å²) in [4.78, 5) is 0. The second kappa shape index (κ2) is 10.1. The van der Waals surface area contributed by atoms with E-state index in [0.29, 0.717) is 6.42 Å². The van der Waals surface area contributed by atoms with Crippen molar-refractivity contribution in [2.45, 2.75) is 24.8 Å². The van der Waals surface area contributed by atoms with Crippen molar-refractivity contribution in [2.75, 3.05) is 13.8 Å². The molecule has 1 saturated heterocycles. The van der Waals surface area contributed by atoms with E-state index >= 15 is 0 Å². The number of hydrogen-bond acceptors (Lipinski definition) is 5. The molecule has 0 spiro atoms. The fraction of sp³-hybridized carbons (Fsp3) is 0.667. The van der Waals surface area contributed by atoms with Gasteiger partial charge in [0, 0.05) is 19.8 Å². The molecule has 0 aromatic rings. The molecule has 0 bridgehead atoms. The molecule has 2 radical (unpaired) electrons. The first-order valence-electron chi connectivity index (χ1n) is 4.12. The van der Waals surface area contributed by atoms with E-state index in [-0.39, 0.29) is 47.6 Å². The molecule has 0 saturated carbocycles. The molecule has 0 aliphatic carbocycles. The van der Waals surface area contributed by atoms with E-state index in [0.717, 1.165) is 0 Å². The minimum atomic E-state index is -3.13. The third kappa shape index (κ3) is 7.41. The Hall–Kier alpha value is 1.24. The molecule has 0 amide bonds. The van der Waals surface area contributed by atoms with Crippen molar-refractivity contribution < 1.29 is 55.8 Å². The predicted molar refractivity (Wildman–Crippen MR) is 63.7 cm³/mol. The van der Waals surface area contributed by atoms with E-state index in [1.165, 1.54) is 13.8 Å². The standard InChI is InChI=1S/C7H13BO5P.2CH3.Y/c1-10-7-5(4-6(8)12-7)13-14(3,9)11-2;;;/h5-7H,2,4H2,1,3H3;2*1H3;/q3*-1;+3. The Morgan fingerprint density at radius 3 is 2.41 bits per heavy atom. The van der Waals surface area contributed by atoms with E-state index in [1.54, 1.807) is 0 Å². The number of methoxy groups -OCH3 is 1. The van der Waals surface area contributed by atoms with Gasteiger partial charge in [-0.1, -0.05) is 0 Å². The Morgan fingerprint density at radius 1 is 1.47 bits per heavy atom. The van der Waals surface area contributed by atoms with Gasteiger partial charge in [0.25, 0.3) is 7.60 Å². The smallest absolute Gasteiger partial charge is 0.489 e. The Balaban J connectivity index is -0.000000653. The maximum atomic E-state index is 11.4. The Labute approximate surface area is 131 Å². The first-order valence-corrected chi connectivity index (χ1v) is 6.11. The van der Waals surface area contributed by atoms with Gasteiger partial charge in [-0.15, -0.1) is 0 Å². The van der Waals surface area contributed by atoms with E-state index in [1.807, 2.05) is 0 Å². The molecule has 0 N–H and O–H groups in total. The van der Waals surface area contributed by atoms with Gasteiger partial charge in [0.1, 0.15) is 14.0 Å². The SMILES string of the molecule is [B]C1CC(OP(C)(=O)O[CH2-])C(OC)O1.[CH3-].[CH3-].[Y+3]. The van der Waals surface area contributed by atoms with Gasteiger partial charge in [-0.2, -0.15) is 0 Å². The fourth-order valence-corrected chi connectivity index (χ4v) is 1.97. The van der Waals surface area contributed by atoms with Crippen molar-refractivity contribution in [1.29, 1.82) is 0 Å². The third-order valence-corrected chi connectivity index (χ3v) is 2.99. The second-order valence-corrected chi connectivity index (χ2v) is 5.07. The van der Waals surface area contributed by atoms with Crippen LogP contribution in [-0.2, 0) is 55.8 Å². The molecule has 1 heterocycles. The average Bonchev–Trinajstić information content (AvgIpc) is 2.45. The summed E-state index contributed by atoms with van der Waals surface area (Å²) in [6.07, 6.45) is -0.666.